The van der Waals surface area contributed by atoms with Gasteiger partial charge >= 0.3 is 0 Å². The summed E-state index contributed by atoms with van der Waals surface area (Å²) in [7, 11) is 0. The first-order valence-electron chi connectivity index (χ1n) is 7.34. The lowest BCUT2D eigenvalue weighted by Crippen LogP contribution is -2.45. The molecule has 5 nitrogen and oxygen atoms in total. The molecule has 0 N–H and O–H groups in total. The average Bonchev–Trinajstić information content (AvgIpc) is 2.49. The molecular weight excluding hydrogens is 320 g/mol. The predicted molar refractivity (Wildman–Crippen MR) is 81.9 cm³/mol. The highest BCUT2D eigenvalue weighted by Crippen LogP contribution is 2.22. The number of piperidine rings is 1. The molecule has 0 saturated carbocycles. The predicted octanol–water partition coefficient (Wildman–Crippen LogP) is 1.79. The van der Waals surface area contributed by atoms with Crippen LogP contribution in [0.1, 0.15) is 12.8 Å². The van der Waals surface area contributed by atoms with E-state index in [9.17, 15) is 0 Å². The van der Waals surface area contributed by atoms with Crippen LogP contribution in [0.4, 0.5) is 5.95 Å². The van der Waals surface area contributed by atoms with E-state index in [1.54, 1.807) is 0 Å². The SMILES string of the molecule is Brc1cnc(N2CCCC(CN3CCOCC3)C2)nc1. The number of hydrogen-bond donors (Lipinski definition) is 0. The van der Waals surface area contributed by atoms with Gasteiger partial charge in [0.05, 0.1) is 17.7 Å². The molecule has 2 aliphatic rings. The number of halogens is 1. The molecule has 2 aliphatic heterocycles. The van der Waals surface area contributed by atoms with E-state index in [0.717, 1.165) is 49.8 Å². The smallest absolute Gasteiger partial charge is 0.225 e. The number of ether oxygens (including phenoxy) is 1. The largest absolute Gasteiger partial charge is 0.379 e. The van der Waals surface area contributed by atoms with E-state index in [1.165, 1.54) is 19.4 Å². The number of anilines is 1. The van der Waals surface area contributed by atoms with E-state index in [4.69, 9.17) is 4.74 Å². The van der Waals surface area contributed by atoms with Crippen molar-refractivity contribution in [3.8, 4) is 0 Å². The topological polar surface area (TPSA) is 41.5 Å². The van der Waals surface area contributed by atoms with Crippen LogP contribution in [0.3, 0.4) is 0 Å². The van der Waals surface area contributed by atoms with Crippen LogP contribution in [0, 0.1) is 5.92 Å². The molecule has 1 atom stereocenters. The number of aromatic nitrogens is 2. The Labute approximate surface area is 128 Å². The van der Waals surface area contributed by atoms with E-state index in [2.05, 4.69) is 35.7 Å². The van der Waals surface area contributed by atoms with E-state index >= 15 is 0 Å². The molecule has 0 bridgehead atoms. The van der Waals surface area contributed by atoms with Gasteiger partial charge in [0.1, 0.15) is 0 Å². The van der Waals surface area contributed by atoms with Crippen LogP contribution in [0.15, 0.2) is 16.9 Å². The van der Waals surface area contributed by atoms with E-state index in [1.807, 2.05) is 12.4 Å². The maximum Gasteiger partial charge on any atom is 0.225 e. The summed E-state index contributed by atoms with van der Waals surface area (Å²) in [5, 5.41) is 0. The monoisotopic (exact) mass is 340 g/mol. The van der Waals surface area contributed by atoms with Gasteiger partial charge in [-0.2, -0.15) is 0 Å². The molecule has 1 unspecified atom stereocenters. The molecule has 1 aromatic rings. The van der Waals surface area contributed by atoms with E-state index in [0.29, 0.717) is 5.92 Å². The highest BCUT2D eigenvalue weighted by atomic mass is 79.9. The Hall–Kier alpha value is -0.720. The normalized spacial score (nSPS) is 24.9. The molecule has 0 radical (unpaired) electrons. The molecule has 0 aromatic carbocycles. The van der Waals surface area contributed by atoms with Crippen molar-refractivity contribution in [2.45, 2.75) is 12.8 Å². The summed E-state index contributed by atoms with van der Waals surface area (Å²) in [4.78, 5) is 13.7. The first-order valence-corrected chi connectivity index (χ1v) is 8.13. The lowest BCUT2D eigenvalue weighted by atomic mass is 9.97. The van der Waals surface area contributed by atoms with Crippen LogP contribution in [0.25, 0.3) is 0 Å². The number of hydrogen-bond acceptors (Lipinski definition) is 5. The van der Waals surface area contributed by atoms with Gasteiger partial charge in [-0.05, 0) is 34.7 Å². The van der Waals surface area contributed by atoms with Crippen LogP contribution in [-0.2, 0) is 4.74 Å². The molecule has 3 heterocycles. The van der Waals surface area contributed by atoms with E-state index < -0.39 is 0 Å². The fourth-order valence-electron chi connectivity index (χ4n) is 3.01. The van der Waals surface area contributed by atoms with Crippen molar-refractivity contribution >= 4 is 21.9 Å². The number of rotatable bonds is 3. The molecule has 20 heavy (non-hydrogen) atoms. The molecule has 6 heteroatoms. The third-order valence-electron chi connectivity index (χ3n) is 4.03. The Morgan fingerprint density at radius 3 is 2.70 bits per heavy atom. The van der Waals surface area contributed by atoms with Gasteiger partial charge in [-0.3, -0.25) is 4.90 Å². The zero-order valence-electron chi connectivity index (χ0n) is 11.7. The molecule has 1 aromatic heterocycles. The summed E-state index contributed by atoms with van der Waals surface area (Å²) < 4.78 is 6.35. The Morgan fingerprint density at radius 1 is 1.20 bits per heavy atom. The van der Waals surface area contributed by atoms with Crippen LogP contribution in [-0.4, -0.2) is 60.8 Å². The maximum atomic E-state index is 5.41. The molecule has 2 fully saturated rings. The summed E-state index contributed by atoms with van der Waals surface area (Å²) in [6.45, 7) is 7.23. The molecule has 110 valence electrons. The quantitative estimate of drug-likeness (QED) is 0.839. The second-order valence-electron chi connectivity index (χ2n) is 5.57. The van der Waals surface area contributed by atoms with Crippen molar-refractivity contribution in [2.75, 3.05) is 50.8 Å². The lowest BCUT2D eigenvalue weighted by Gasteiger charge is -2.36. The lowest BCUT2D eigenvalue weighted by molar-refractivity contribution is 0.0296. The van der Waals surface area contributed by atoms with Gasteiger partial charge in [-0.15, -0.1) is 0 Å². The number of morpholine rings is 1. The van der Waals surface area contributed by atoms with Gasteiger partial charge in [0, 0.05) is 45.1 Å². The van der Waals surface area contributed by atoms with Crippen LogP contribution < -0.4 is 4.90 Å². The Kier molecular flexibility index (Phi) is 4.86. The first-order chi connectivity index (χ1) is 9.81. The van der Waals surface area contributed by atoms with Crippen molar-refractivity contribution < 1.29 is 4.74 Å². The third-order valence-corrected chi connectivity index (χ3v) is 4.44. The minimum Gasteiger partial charge on any atom is -0.379 e. The van der Waals surface area contributed by atoms with Gasteiger partial charge in [0.2, 0.25) is 5.95 Å². The van der Waals surface area contributed by atoms with Gasteiger partial charge in [0.15, 0.2) is 0 Å². The van der Waals surface area contributed by atoms with Crippen molar-refractivity contribution in [3.63, 3.8) is 0 Å². The zero-order chi connectivity index (χ0) is 13.8. The van der Waals surface area contributed by atoms with E-state index in [-0.39, 0.29) is 0 Å². The highest BCUT2D eigenvalue weighted by Gasteiger charge is 2.24. The average molecular weight is 341 g/mol. The second kappa shape index (κ2) is 6.83. The fraction of sp³-hybridized carbons (Fsp3) is 0.714. The molecule has 3 rings (SSSR count). The minimum atomic E-state index is 0.717. The molecular formula is C14H21BrN4O. The maximum absolute atomic E-state index is 5.41. The number of nitrogens with zero attached hydrogens (tertiary/aromatic N) is 4. The summed E-state index contributed by atoms with van der Waals surface area (Å²) in [6.07, 6.45) is 6.20. The van der Waals surface area contributed by atoms with Crippen LogP contribution in [0.5, 0.6) is 0 Å². The summed E-state index contributed by atoms with van der Waals surface area (Å²) >= 11 is 3.39. The van der Waals surface area contributed by atoms with Crippen LogP contribution >= 0.6 is 15.9 Å². The molecule has 0 spiro atoms. The van der Waals surface area contributed by atoms with Crippen molar-refractivity contribution in [3.05, 3.63) is 16.9 Å². The second-order valence-corrected chi connectivity index (χ2v) is 6.48. The van der Waals surface area contributed by atoms with Gasteiger partial charge in [0.25, 0.3) is 0 Å². The first kappa shape index (κ1) is 14.2. The van der Waals surface area contributed by atoms with Crippen molar-refractivity contribution in [1.29, 1.82) is 0 Å². The van der Waals surface area contributed by atoms with Crippen LogP contribution in [0.2, 0.25) is 0 Å². The fourth-order valence-corrected chi connectivity index (χ4v) is 3.22. The summed E-state index contributed by atoms with van der Waals surface area (Å²) in [5.74, 6) is 1.58. The highest BCUT2D eigenvalue weighted by molar-refractivity contribution is 9.10. The standard InChI is InChI=1S/C14H21BrN4O/c15-13-8-16-14(17-9-13)19-3-1-2-12(11-19)10-18-4-6-20-7-5-18/h8-9,12H,1-7,10-11H2. The molecule has 0 aliphatic carbocycles. The third kappa shape index (κ3) is 3.68. The summed E-state index contributed by atoms with van der Waals surface area (Å²) in [5.41, 5.74) is 0. The molecule has 2 saturated heterocycles. The van der Waals surface area contributed by atoms with Crippen molar-refractivity contribution in [2.24, 2.45) is 5.92 Å². The van der Waals surface area contributed by atoms with Crippen molar-refractivity contribution in [1.82, 2.24) is 14.9 Å². The molecule has 0 amide bonds. The van der Waals surface area contributed by atoms with Gasteiger partial charge < -0.3 is 9.64 Å². The van der Waals surface area contributed by atoms with Gasteiger partial charge in [-0.25, -0.2) is 9.97 Å². The Balaban J connectivity index is 1.57. The zero-order valence-corrected chi connectivity index (χ0v) is 13.3. The Morgan fingerprint density at radius 2 is 1.95 bits per heavy atom. The van der Waals surface area contributed by atoms with Gasteiger partial charge in [-0.1, -0.05) is 0 Å². The minimum absolute atomic E-state index is 0.717. The Bertz CT molecular complexity index is 422. The summed E-state index contributed by atoms with van der Waals surface area (Å²) in [6, 6.07) is 0.